The van der Waals surface area contributed by atoms with Crippen molar-refractivity contribution in [3.05, 3.63) is 17.8 Å². The lowest BCUT2D eigenvalue weighted by Crippen LogP contribution is -2.46. The molecule has 0 spiro atoms. The van der Waals surface area contributed by atoms with E-state index in [4.69, 9.17) is 22.7 Å². The molecule has 1 saturated heterocycles. The summed E-state index contributed by atoms with van der Waals surface area (Å²) in [6.07, 6.45) is 2.77. The van der Waals surface area contributed by atoms with E-state index in [0.29, 0.717) is 44.0 Å². The predicted molar refractivity (Wildman–Crippen MR) is 76.2 cm³/mol. The number of likely N-dealkylation sites (N-methyl/N-ethyl adjacent to an activating group) is 1. The van der Waals surface area contributed by atoms with Crippen molar-refractivity contribution in [1.82, 2.24) is 10.2 Å². The SMILES string of the molecule is CN(CC1(O)CCOCC1)c1nnccc1C(N)=S. The molecule has 0 unspecified atom stereocenters. The quantitative estimate of drug-likeness (QED) is 0.757. The number of hydrogen-bond donors (Lipinski definition) is 2. The van der Waals surface area contributed by atoms with Crippen LogP contribution >= 0.6 is 12.2 Å². The van der Waals surface area contributed by atoms with E-state index in [9.17, 15) is 5.11 Å². The molecule has 19 heavy (non-hydrogen) atoms. The second kappa shape index (κ2) is 5.77. The molecule has 1 aromatic heterocycles. The fraction of sp³-hybridized carbons (Fsp3) is 0.583. The van der Waals surface area contributed by atoms with Crippen LogP contribution in [0.5, 0.6) is 0 Å². The molecule has 3 N–H and O–H groups in total. The number of aliphatic hydroxyl groups is 1. The number of nitrogens with two attached hydrogens (primary N) is 1. The van der Waals surface area contributed by atoms with E-state index in [1.807, 2.05) is 11.9 Å². The van der Waals surface area contributed by atoms with Crippen molar-refractivity contribution in [2.24, 2.45) is 5.73 Å². The highest BCUT2D eigenvalue weighted by Gasteiger charge is 2.32. The summed E-state index contributed by atoms with van der Waals surface area (Å²) in [5, 5.41) is 18.4. The molecular weight excluding hydrogens is 264 g/mol. The van der Waals surface area contributed by atoms with Crippen LogP contribution in [0.25, 0.3) is 0 Å². The van der Waals surface area contributed by atoms with Crippen LogP contribution in [-0.4, -0.2) is 52.7 Å². The molecule has 0 radical (unpaired) electrons. The lowest BCUT2D eigenvalue weighted by molar-refractivity contribution is -0.0573. The van der Waals surface area contributed by atoms with Gasteiger partial charge in [-0.25, -0.2) is 0 Å². The molecule has 2 rings (SSSR count). The van der Waals surface area contributed by atoms with E-state index in [0.717, 1.165) is 0 Å². The number of thiocarbonyl (C=S) groups is 1. The molecule has 0 bridgehead atoms. The van der Waals surface area contributed by atoms with Crippen LogP contribution in [-0.2, 0) is 4.74 Å². The van der Waals surface area contributed by atoms with Gasteiger partial charge in [0.1, 0.15) is 4.99 Å². The predicted octanol–water partition coefficient (Wildman–Crippen LogP) is 0.0885. The van der Waals surface area contributed by atoms with Crippen molar-refractivity contribution in [1.29, 1.82) is 0 Å². The third kappa shape index (κ3) is 3.37. The lowest BCUT2D eigenvalue weighted by atomic mass is 9.94. The van der Waals surface area contributed by atoms with Crippen LogP contribution in [0.2, 0.25) is 0 Å². The molecule has 1 aliphatic heterocycles. The Morgan fingerprint density at radius 1 is 1.58 bits per heavy atom. The van der Waals surface area contributed by atoms with Gasteiger partial charge in [0.15, 0.2) is 5.82 Å². The minimum atomic E-state index is -0.766. The summed E-state index contributed by atoms with van der Waals surface area (Å²) in [5.41, 5.74) is 5.58. The third-order valence-electron chi connectivity index (χ3n) is 3.28. The maximum atomic E-state index is 10.5. The van der Waals surface area contributed by atoms with Gasteiger partial charge in [0, 0.05) is 39.6 Å². The second-order valence-corrected chi connectivity index (χ2v) is 5.27. The number of nitrogens with zero attached hydrogens (tertiary/aromatic N) is 3. The van der Waals surface area contributed by atoms with Gasteiger partial charge in [-0.2, -0.15) is 5.10 Å². The van der Waals surface area contributed by atoms with Crippen LogP contribution in [0.4, 0.5) is 5.82 Å². The molecule has 1 fully saturated rings. The highest BCUT2D eigenvalue weighted by molar-refractivity contribution is 7.80. The largest absolute Gasteiger partial charge is 0.389 e. The fourth-order valence-corrected chi connectivity index (χ4v) is 2.38. The Labute approximate surface area is 117 Å². The Hall–Kier alpha value is -1.31. The lowest BCUT2D eigenvalue weighted by Gasteiger charge is -2.36. The molecule has 1 aromatic rings. The molecule has 1 aliphatic rings. The van der Waals surface area contributed by atoms with Gasteiger partial charge >= 0.3 is 0 Å². The first-order valence-electron chi connectivity index (χ1n) is 6.15. The first-order chi connectivity index (χ1) is 9.02. The van der Waals surface area contributed by atoms with E-state index in [2.05, 4.69) is 10.2 Å². The summed E-state index contributed by atoms with van der Waals surface area (Å²) in [6, 6.07) is 1.73. The first kappa shape index (κ1) is 14.1. The van der Waals surface area contributed by atoms with E-state index in [1.54, 1.807) is 12.3 Å². The van der Waals surface area contributed by atoms with Gasteiger partial charge in [-0.1, -0.05) is 12.2 Å². The van der Waals surface area contributed by atoms with Crippen LogP contribution < -0.4 is 10.6 Å². The molecular formula is C12H18N4O2S. The summed E-state index contributed by atoms with van der Waals surface area (Å²) >= 11 is 5.00. The number of hydrogen-bond acceptors (Lipinski definition) is 6. The molecule has 0 amide bonds. The van der Waals surface area contributed by atoms with E-state index in [-0.39, 0.29) is 4.99 Å². The molecule has 104 valence electrons. The Morgan fingerprint density at radius 2 is 2.26 bits per heavy atom. The van der Waals surface area contributed by atoms with Crippen LogP contribution in [0.1, 0.15) is 18.4 Å². The van der Waals surface area contributed by atoms with Crippen molar-refractivity contribution < 1.29 is 9.84 Å². The van der Waals surface area contributed by atoms with E-state index < -0.39 is 5.60 Å². The molecule has 0 saturated carbocycles. The topological polar surface area (TPSA) is 84.5 Å². The minimum absolute atomic E-state index is 0.274. The summed E-state index contributed by atoms with van der Waals surface area (Å²) in [5.74, 6) is 0.593. The van der Waals surface area contributed by atoms with Crippen molar-refractivity contribution in [2.45, 2.75) is 18.4 Å². The molecule has 6 nitrogen and oxygen atoms in total. The maximum Gasteiger partial charge on any atom is 0.161 e. The third-order valence-corrected chi connectivity index (χ3v) is 3.50. The zero-order valence-corrected chi connectivity index (χ0v) is 11.7. The monoisotopic (exact) mass is 282 g/mol. The van der Waals surface area contributed by atoms with Gasteiger partial charge in [-0.15, -0.1) is 5.10 Å². The Kier molecular flexibility index (Phi) is 4.28. The van der Waals surface area contributed by atoms with Gasteiger partial charge in [-0.05, 0) is 6.07 Å². The second-order valence-electron chi connectivity index (χ2n) is 4.83. The molecule has 0 aliphatic carbocycles. The number of rotatable bonds is 4. The summed E-state index contributed by atoms with van der Waals surface area (Å²) in [4.78, 5) is 2.11. The van der Waals surface area contributed by atoms with Gasteiger partial charge < -0.3 is 20.5 Å². The maximum absolute atomic E-state index is 10.5. The van der Waals surface area contributed by atoms with Gasteiger partial charge in [0.25, 0.3) is 0 Å². The summed E-state index contributed by atoms with van der Waals surface area (Å²) < 4.78 is 5.27. The highest BCUT2D eigenvalue weighted by Crippen LogP contribution is 2.24. The summed E-state index contributed by atoms with van der Waals surface area (Å²) in [6.45, 7) is 1.60. The Bertz CT molecular complexity index is 463. The highest BCUT2D eigenvalue weighted by atomic mass is 32.1. The van der Waals surface area contributed by atoms with Crippen molar-refractivity contribution in [2.75, 3.05) is 31.7 Å². The van der Waals surface area contributed by atoms with Crippen LogP contribution in [0.3, 0.4) is 0 Å². The smallest absolute Gasteiger partial charge is 0.161 e. The zero-order valence-electron chi connectivity index (χ0n) is 10.9. The average Bonchev–Trinajstić information content (AvgIpc) is 2.39. The number of aromatic nitrogens is 2. The summed E-state index contributed by atoms with van der Waals surface area (Å²) in [7, 11) is 1.85. The Morgan fingerprint density at radius 3 is 2.89 bits per heavy atom. The van der Waals surface area contributed by atoms with E-state index >= 15 is 0 Å². The number of anilines is 1. The standard InChI is InChI=1S/C12H18N4O2S/c1-16(8-12(17)3-6-18-7-4-12)11-9(10(13)19)2-5-14-15-11/h2,5,17H,3-4,6-8H2,1H3,(H2,13,19). The average molecular weight is 282 g/mol. The first-order valence-corrected chi connectivity index (χ1v) is 6.55. The number of ether oxygens (including phenoxy) is 1. The van der Waals surface area contributed by atoms with Crippen molar-refractivity contribution >= 4 is 23.0 Å². The van der Waals surface area contributed by atoms with E-state index in [1.165, 1.54) is 0 Å². The van der Waals surface area contributed by atoms with Crippen LogP contribution in [0, 0.1) is 0 Å². The molecule has 7 heteroatoms. The van der Waals surface area contributed by atoms with Crippen LogP contribution in [0.15, 0.2) is 12.3 Å². The molecule has 0 atom stereocenters. The fourth-order valence-electron chi connectivity index (χ4n) is 2.22. The zero-order chi connectivity index (χ0) is 13.9. The van der Waals surface area contributed by atoms with Gasteiger partial charge in [0.2, 0.25) is 0 Å². The Balaban J connectivity index is 2.15. The normalized spacial score (nSPS) is 18.0. The molecule has 0 aromatic carbocycles. The minimum Gasteiger partial charge on any atom is -0.389 e. The van der Waals surface area contributed by atoms with Gasteiger partial charge in [0.05, 0.1) is 17.4 Å². The van der Waals surface area contributed by atoms with Crippen molar-refractivity contribution in [3.8, 4) is 0 Å². The van der Waals surface area contributed by atoms with Gasteiger partial charge in [-0.3, -0.25) is 0 Å². The van der Waals surface area contributed by atoms with Crippen molar-refractivity contribution in [3.63, 3.8) is 0 Å². The molecule has 2 heterocycles.